The molecule has 0 aromatic heterocycles. The van der Waals surface area contributed by atoms with Crippen LogP contribution in [0, 0.1) is 17.3 Å². The van der Waals surface area contributed by atoms with E-state index in [2.05, 4.69) is 19.9 Å². The summed E-state index contributed by atoms with van der Waals surface area (Å²) in [7, 11) is 0. The SMILES string of the molecule is CC=C[C@H]1[C@H](C(=O)Cl)C1(C)C. The minimum atomic E-state index is -0.196. The van der Waals surface area contributed by atoms with Crippen molar-refractivity contribution in [3.8, 4) is 0 Å². The second-order valence-electron chi connectivity index (χ2n) is 3.65. The lowest BCUT2D eigenvalue weighted by molar-refractivity contribution is -0.113. The highest BCUT2D eigenvalue weighted by molar-refractivity contribution is 6.64. The highest BCUT2D eigenvalue weighted by atomic mass is 35.5. The van der Waals surface area contributed by atoms with Gasteiger partial charge in [-0.2, -0.15) is 0 Å². The van der Waals surface area contributed by atoms with Crippen LogP contribution >= 0.6 is 11.6 Å². The smallest absolute Gasteiger partial charge is 0.225 e. The Hall–Kier alpha value is -0.300. The van der Waals surface area contributed by atoms with E-state index in [1.165, 1.54) is 0 Å². The highest BCUT2D eigenvalue weighted by Crippen LogP contribution is 2.59. The molecule has 1 rings (SSSR count). The Kier molecular flexibility index (Phi) is 2.10. The Morgan fingerprint density at radius 3 is 2.36 bits per heavy atom. The lowest BCUT2D eigenvalue weighted by atomic mass is 10.1. The van der Waals surface area contributed by atoms with Crippen molar-refractivity contribution in [1.29, 1.82) is 0 Å². The maximum absolute atomic E-state index is 10.8. The van der Waals surface area contributed by atoms with Crippen LogP contribution in [0.25, 0.3) is 0 Å². The van der Waals surface area contributed by atoms with Crippen molar-refractivity contribution < 1.29 is 4.79 Å². The second-order valence-corrected chi connectivity index (χ2v) is 4.03. The number of carbonyl (C=O) groups excluding carboxylic acids is 1. The van der Waals surface area contributed by atoms with Crippen LogP contribution in [0.4, 0.5) is 0 Å². The molecule has 0 bridgehead atoms. The quantitative estimate of drug-likeness (QED) is 0.462. The lowest BCUT2D eigenvalue weighted by Gasteiger charge is -1.95. The molecule has 0 amide bonds. The Morgan fingerprint density at radius 2 is 2.09 bits per heavy atom. The maximum atomic E-state index is 10.8. The van der Waals surface area contributed by atoms with Gasteiger partial charge in [-0.3, -0.25) is 4.79 Å². The fraction of sp³-hybridized carbons (Fsp3) is 0.667. The molecule has 0 aliphatic heterocycles. The molecule has 0 aromatic rings. The van der Waals surface area contributed by atoms with E-state index < -0.39 is 0 Å². The van der Waals surface area contributed by atoms with E-state index in [0.29, 0.717) is 5.92 Å². The van der Waals surface area contributed by atoms with E-state index in [1.807, 2.05) is 13.0 Å². The van der Waals surface area contributed by atoms with Crippen molar-refractivity contribution in [2.45, 2.75) is 20.8 Å². The van der Waals surface area contributed by atoms with Gasteiger partial charge < -0.3 is 0 Å². The first kappa shape index (κ1) is 8.79. The predicted molar refractivity (Wildman–Crippen MR) is 46.4 cm³/mol. The van der Waals surface area contributed by atoms with Gasteiger partial charge in [0.2, 0.25) is 5.24 Å². The van der Waals surface area contributed by atoms with E-state index >= 15 is 0 Å². The van der Waals surface area contributed by atoms with Crippen molar-refractivity contribution in [3.63, 3.8) is 0 Å². The zero-order valence-electron chi connectivity index (χ0n) is 7.10. The number of allylic oxidation sites excluding steroid dienone is 2. The number of rotatable bonds is 2. The first-order valence-corrected chi connectivity index (χ1v) is 4.21. The van der Waals surface area contributed by atoms with Gasteiger partial charge in [0.15, 0.2) is 0 Å². The third kappa shape index (κ3) is 1.34. The molecule has 0 unspecified atom stereocenters. The van der Waals surface area contributed by atoms with E-state index in [0.717, 1.165) is 0 Å². The fourth-order valence-electron chi connectivity index (χ4n) is 1.68. The zero-order valence-corrected chi connectivity index (χ0v) is 7.85. The summed E-state index contributed by atoms with van der Waals surface area (Å²) in [5, 5.41) is -0.196. The van der Waals surface area contributed by atoms with Crippen LogP contribution in [-0.2, 0) is 4.79 Å². The van der Waals surface area contributed by atoms with Crippen molar-refractivity contribution in [3.05, 3.63) is 12.2 Å². The van der Waals surface area contributed by atoms with Crippen LogP contribution in [0.2, 0.25) is 0 Å². The van der Waals surface area contributed by atoms with Crippen molar-refractivity contribution in [2.24, 2.45) is 17.3 Å². The maximum Gasteiger partial charge on any atom is 0.225 e. The van der Waals surface area contributed by atoms with Crippen molar-refractivity contribution in [2.75, 3.05) is 0 Å². The highest BCUT2D eigenvalue weighted by Gasteiger charge is 2.59. The molecule has 2 heteroatoms. The zero-order chi connectivity index (χ0) is 8.65. The molecule has 2 atom stereocenters. The Labute approximate surface area is 72.4 Å². The first-order chi connectivity index (χ1) is 5.01. The Balaban J connectivity index is 2.68. The van der Waals surface area contributed by atoms with Gasteiger partial charge in [-0.05, 0) is 29.9 Å². The molecule has 11 heavy (non-hydrogen) atoms. The summed E-state index contributed by atoms with van der Waals surface area (Å²) < 4.78 is 0. The number of hydrogen-bond acceptors (Lipinski definition) is 1. The van der Waals surface area contributed by atoms with Crippen LogP contribution in [0.1, 0.15) is 20.8 Å². The number of halogens is 1. The third-order valence-electron chi connectivity index (χ3n) is 2.55. The van der Waals surface area contributed by atoms with Crippen LogP contribution in [0.5, 0.6) is 0 Å². The second kappa shape index (κ2) is 2.63. The molecule has 1 saturated carbocycles. The summed E-state index contributed by atoms with van der Waals surface area (Å²) in [6.45, 7) is 6.11. The van der Waals surface area contributed by atoms with Gasteiger partial charge in [0, 0.05) is 5.92 Å². The van der Waals surface area contributed by atoms with Crippen molar-refractivity contribution >= 4 is 16.8 Å². The number of hydrogen-bond donors (Lipinski definition) is 0. The molecule has 1 aliphatic rings. The predicted octanol–water partition coefficient (Wildman–Crippen LogP) is 2.60. The summed E-state index contributed by atoms with van der Waals surface area (Å²) in [4.78, 5) is 10.8. The van der Waals surface area contributed by atoms with E-state index in [-0.39, 0.29) is 16.6 Å². The topological polar surface area (TPSA) is 17.1 Å². The normalized spacial score (nSPS) is 34.2. The van der Waals surface area contributed by atoms with E-state index in [4.69, 9.17) is 11.6 Å². The average Bonchev–Trinajstić information content (AvgIpc) is 2.35. The fourth-order valence-corrected chi connectivity index (χ4v) is 2.09. The molecule has 0 saturated heterocycles. The van der Waals surface area contributed by atoms with Crippen LogP contribution in [0.15, 0.2) is 12.2 Å². The van der Waals surface area contributed by atoms with Crippen LogP contribution < -0.4 is 0 Å². The molecule has 1 fully saturated rings. The lowest BCUT2D eigenvalue weighted by Crippen LogP contribution is -1.96. The Morgan fingerprint density at radius 1 is 1.55 bits per heavy atom. The summed E-state index contributed by atoms with van der Waals surface area (Å²) in [5.74, 6) is 0.401. The molecular weight excluding hydrogens is 160 g/mol. The van der Waals surface area contributed by atoms with Gasteiger partial charge in [0.1, 0.15) is 0 Å². The standard InChI is InChI=1S/C9H13ClO/c1-4-5-6-7(8(10)11)9(6,2)3/h4-7H,1-3H3/t6-,7+/m0/s1. The number of carbonyl (C=O) groups is 1. The monoisotopic (exact) mass is 172 g/mol. The molecule has 0 spiro atoms. The van der Waals surface area contributed by atoms with Gasteiger partial charge in [0.25, 0.3) is 0 Å². The molecule has 0 N–H and O–H groups in total. The minimum absolute atomic E-state index is 0.0420. The summed E-state index contributed by atoms with van der Waals surface area (Å²) in [6.07, 6.45) is 4.04. The molecule has 0 radical (unpaired) electrons. The molecule has 1 nitrogen and oxygen atoms in total. The van der Waals surface area contributed by atoms with E-state index in [9.17, 15) is 4.79 Å². The largest absolute Gasteiger partial charge is 0.281 e. The van der Waals surface area contributed by atoms with Gasteiger partial charge in [-0.25, -0.2) is 0 Å². The Bertz CT molecular complexity index is 206. The van der Waals surface area contributed by atoms with Gasteiger partial charge in [-0.1, -0.05) is 26.0 Å². The van der Waals surface area contributed by atoms with E-state index in [1.54, 1.807) is 0 Å². The molecular formula is C9H13ClO. The summed E-state index contributed by atoms with van der Waals surface area (Å²) in [5.41, 5.74) is 0.0886. The van der Waals surface area contributed by atoms with Gasteiger partial charge >= 0.3 is 0 Å². The molecule has 1 aliphatic carbocycles. The van der Waals surface area contributed by atoms with Crippen LogP contribution in [0.3, 0.4) is 0 Å². The average molecular weight is 173 g/mol. The van der Waals surface area contributed by atoms with Crippen LogP contribution in [-0.4, -0.2) is 5.24 Å². The summed E-state index contributed by atoms with van der Waals surface area (Å²) in [6, 6.07) is 0. The molecule has 62 valence electrons. The minimum Gasteiger partial charge on any atom is -0.281 e. The molecule has 0 heterocycles. The van der Waals surface area contributed by atoms with Gasteiger partial charge in [-0.15, -0.1) is 0 Å². The van der Waals surface area contributed by atoms with Gasteiger partial charge in [0.05, 0.1) is 0 Å². The first-order valence-electron chi connectivity index (χ1n) is 3.84. The third-order valence-corrected chi connectivity index (χ3v) is 2.79. The summed E-state index contributed by atoms with van der Waals surface area (Å²) >= 11 is 5.42. The van der Waals surface area contributed by atoms with Crippen molar-refractivity contribution in [1.82, 2.24) is 0 Å². The molecule has 0 aromatic carbocycles.